The lowest BCUT2D eigenvalue weighted by molar-refractivity contribution is 0.538. The van der Waals surface area contributed by atoms with Gasteiger partial charge in [-0.05, 0) is 43.7 Å². The summed E-state index contributed by atoms with van der Waals surface area (Å²) in [6.07, 6.45) is 0.406. The topological polar surface area (TPSA) is 72.2 Å². The summed E-state index contributed by atoms with van der Waals surface area (Å²) in [7, 11) is -3.43. The summed E-state index contributed by atoms with van der Waals surface area (Å²) < 4.78 is 45.8. The van der Waals surface area contributed by atoms with E-state index in [1.807, 2.05) is 25.1 Å². The molecule has 0 bridgehead atoms. The van der Waals surface area contributed by atoms with E-state index >= 15 is 0 Å². The smallest absolute Gasteiger partial charge is 0.226 e. The van der Waals surface area contributed by atoms with Crippen LogP contribution in [0.15, 0.2) is 52.9 Å². The molecule has 0 amide bonds. The van der Waals surface area contributed by atoms with Crippen LogP contribution in [0.3, 0.4) is 0 Å². The van der Waals surface area contributed by atoms with Gasteiger partial charge in [0.15, 0.2) is 0 Å². The zero-order valence-corrected chi connectivity index (χ0v) is 16.0. The van der Waals surface area contributed by atoms with Crippen molar-refractivity contribution in [2.75, 3.05) is 6.54 Å². The van der Waals surface area contributed by atoms with Crippen molar-refractivity contribution >= 4 is 10.0 Å². The number of sulfonamides is 1. The second-order valence-corrected chi connectivity index (χ2v) is 8.23. The molecule has 0 aliphatic rings. The molecule has 0 aliphatic carbocycles. The lowest BCUT2D eigenvalue weighted by Crippen LogP contribution is -2.27. The van der Waals surface area contributed by atoms with E-state index in [0.717, 1.165) is 11.1 Å². The van der Waals surface area contributed by atoms with E-state index < -0.39 is 10.0 Å². The summed E-state index contributed by atoms with van der Waals surface area (Å²) in [4.78, 5) is 4.40. The van der Waals surface area contributed by atoms with Crippen molar-refractivity contribution in [1.82, 2.24) is 9.71 Å². The first-order valence-electron chi connectivity index (χ1n) is 8.57. The fourth-order valence-electron chi connectivity index (χ4n) is 2.77. The minimum absolute atomic E-state index is 0.0622. The van der Waals surface area contributed by atoms with Gasteiger partial charge < -0.3 is 4.42 Å². The van der Waals surface area contributed by atoms with E-state index in [-0.39, 0.29) is 18.1 Å². The van der Waals surface area contributed by atoms with Crippen molar-refractivity contribution in [3.63, 3.8) is 0 Å². The summed E-state index contributed by atoms with van der Waals surface area (Å²) in [5, 5.41) is 0. The van der Waals surface area contributed by atoms with Gasteiger partial charge in [-0.2, -0.15) is 0 Å². The minimum atomic E-state index is -3.43. The normalized spacial score (nSPS) is 11.7. The third-order valence-electron chi connectivity index (χ3n) is 4.11. The Balaban J connectivity index is 1.61. The van der Waals surface area contributed by atoms with Gasteiger partial charge in [-0.3, -0.25) is 0 Å². The van der Waals surface area contributed by atoms with Gasteiger partial charge >= 0.3 is 0 Å². The van der Waals surface area contributed by atoms with Gasteiger partial charge in [0.2, 0.25) is 15.9 Å². The van der Waals surface area contributed by atoms with Crippen molar-refractivity contribution in [1.29, 1.82) is 0 Å². The van der Waals surface area contributed by atoms with Crippen molar-refractivity contribution in [2.45, 2.75) is 26.0 Å². The summed E-state index contributed by atoms with van der Waals surface area (Å²) in [6, 6.07) is 13.3. The predicted molar refractivity (Wildman–Crippen MR) is 102 cm³/mol. The Morgan fingerprint density at radius 2 is 1.85 bits per heavy atom. The Labute approximate surface area is 158 Å². The highest BCUT2D eigenvalue weighted by atomic mass is 32.2. The van der Waals surface area contributed by atoms with E-state index in [1.165, 1.54) is 12.1 Å². The lowest BCUT2D eigenvalue weighted by atomic mass is 10.2. The van der Waals surface area contributed by atoms with Crippen LogP contribution in [0.4, 0.5) is 4.39 Å². The summed E-state index contributed by atoms with van der Waals surface area (Å²) in [5.74, 6) is 0.621. The number of aromatic nitrogens is 1. The molecule has 1 N–H and O–H groups in total. The molecule has 0 saturated heterocycles. The van der Waals surface area contributed by atoms with Gasteiger partial charge in [-0.1, -0.05) is 29.8 Å². The average Bonchev–Trinajstić information content (AvgIpc) is 2.96. The number of benzene rings is 2. The second-order valence-electron chi connectivity index (χ2n) is 6.42. The van der Waals surface area contributed by atoms with E-state index in [4.69, 9.17) is 4.42 Å². The first-order valence-corrected chi connectivity index (χ1v) is 10.2. The van der Waals surface area contributed by atoms with Gasteiger partial charge in [-0.25, -0.2) is 22.5 Å². The Bertz CT molecular complexity index is 1030. The summed E-state index contributed by atoms with van der Waals surface area (Å²) >= 11 is 0. The molecule has 2 aromatic carbocycles. The summed E-state index contributed by atoms with van der Waals surface area (Å²) in [5.41, 5.74) is 3.12. The first-order chi connectivity index (χ1) is 12.8. The first kappa shape index (κ1) is 19.3. The fraction of sp³-hybridized carbons (Fsp3) is 0.250. The zero-order chi connectivity index (χ0) is 19.4. The Kier molecular flexibility index (Phi) is 5.72. The van der Waals surface area contributed by atoms with Gasteiger partial charge in [0.25, 0.3) is 0 Å². The van der Waals surface area contributed by atoms with Crippen LogP contribution in [0, 0.1) is 19.7 Å². The number of nitrogens with one attached hydrogen (secondary N) is 1. The average molecular weight is 388 g/mol. The van der Waals surface area contributed by atoms with Crippen LogP contribution in [-0.2, 0) is 22.2 Å². The van der Waals surface area contributed by atoms with E-state index in [9.17, 15) is 12.8 Å². The van der Waals surface area contributed by atoms with Crippen LogP contribution in [0.2, 0.25) is 0 Å². The third kappa shape index (κ3) is 5.24. The number of oxazole rings is 1. The van der Waals surface area contributed by atoms with Crippen molar-refractivity contribution in [3.8, 4) is 11.5 Å². The molecule has 1 heterocycles. The number of rotatable bonds is 7. The maximum absolute atomic E-state index is 13.0. The molecule has 0 saturated carbocycles. The molecule has 0 fully saturated rings. The molecule has 5 nitrogen and oxygen atoms in total. The lowest BCUT2D eigenvalue weighted by Gasteiger charge is -2.07. The van der Waals surface area contributed by atoms with Gasteiger partial charge in [-0.15, -0.1) is 0 Å². The van der Waals surface area contributed by atoms with Crippen LogP contribution in [-0.4, -0.2) is 19.9 Å². The molecule has 0 aliphatic heterocycles. The molecule has 7 heteroatoms. The van der Waals surface area contributed by atoms with Crippen LogP contribution < -0.4 is 4.72 Å². The quantitative estimate of drug-likeness (QED) is 0.669. The maximum atomic E-state index is 13.0. The second kappa shape index (κ2) is 8.02. The number of aryl methyl sites for hydroxylation is 2. The third-order valence-corrected chi connectivity index (χ3v) is 5.46. The van der Waals surface area contributed by atoms with Crippen molar-refractivity contribution in [3.05, 3.63) is 76.9 Å². The standard InChI is InChI=1S/C20H21FN2O3S/c1-14-4-3-5-16(12-14)13-27(24,25)22-11-10-19-15(2)26-20(23-19)17-6-8-18(21)9-7-17/h3-9,12,22H,10-11,13H2,1-2H3. The Hall–Kier alpha value is -2.51. The van der Waals surface area contributed by atoms with Crippen molar-refractivity contribution in [2.24, 2.45) is 0 Å². The van der Waals surface area contributed by atoms with E-state index in [1.54, 1.807) is 25.1 Å². The zero-order valence-electron chi connectivity index (χ0n) is 15.2. The molecule has 3 aromatic rings. The largest absolute Gasteiger partial charge is 0.441 e. The highest BCUT2D eigenvalue weighted by Gasteiger charge is 2.14. The Morgan fingerprint density at radius 1 is 1.11 bits per heavy atom. The van der Waals surface area contributed by atoms with Crippen LogP contribution in [0.1, 0.15) is 22.6 Å². The van der Waals surface area contributed by atoms with Gasteiger partial charge in [0.05, 0.1) is 11.4 Å². The highest BCUT2D eigenvalue weighted by molar-refractivity contribution is 7.88. The number of hydrogen-bond acceptors (Lipinski definition) is 4. The van der Waals surface area contributed by atoms with Gasteiger partial charge in [0.1, 0.15) is 11.6 Å². The molecule has 0 atom stereocenters. The number of halogens is 1. The molecule has 0 spiro atoms. The number of nitrogens with zero attached hydrogens (tertiary/aromatic N) is 1. The van der Waals surface area contributed by atoms with E-state index in [2.05, 4.69) is 9.71 Å². The van der Waals surface area contributed by atoms with Crippen LogP contribution in [0.5, 0.6) is 0 Å². The molecule has 0 radical (unpaired) electrons. The molecule has 1 aromatic heterocycles. The van der Waals surface area contributed by atoms with E-state index in [0.29, 0.717) is 29.3 Å². The molecule has 0 unspecified atom stereocenters. The monoisotopic (exact) mass is 388 g/mol. The maximum Gasteiger partial charge on any atom is 0.226 e. The molecule has 27 heavy (non-hydrogen) atoms. The molecular formula is C20H21FN2O3S. The molecule has 142 valence electrons. The highest BCUT2D eigenvalue weighted by Crippen LogP contribution is 2.22. The number of hydrogen-bond donors (Lipinski definition) is 1. The SMILES string of the molecule is Cc1cccc(CS(=O)(=O)NCCc2nc(-c3ccc(F)cc3)oc2C)c1. The van der Waals surface area contributed by atoms with Crippen LogP contribution >= 0.6 is 0 Å². The van der Waals surface area contributed by atoms with Crippen LogP contribution in [0.25, 0.3) is 11.5 Å². The molecule has 3 rings (SSSR count). The molecular weight excluding hydrogens is 367 g/mol. The summed E-state index contributed by atoms with van der Waals surface area (Å²) in [6.45, 7) is 3.93. The van der Waals surface area contributed by atoms with Gasteiger partial charge in [0, 0.05) is 18.5 Å². The Morgan fingerprint density at radius 3 is 2.56 bits per heavy atom. The minimum Gasteiger partial charge on any atom is -0.441 e. The van der Waals surface area contributed by atoms with Crippen molar-refractivity contribution < 1.29 is 17.2 Å². The fourth-order valence-corrected chi connectivity index (χ4v) is 3.91. The predicted octanol–water partition coefficient (Wildman–Crippen LogP) is 3.76.